The highest BCUT2D eigenvalue weighted by Crippen LogP contribution is 2.25. The van der Waals surface area contributed by atoms with Crippen LogP contribution in [0, 0.1) is 0 Å². The smallest absolute Gasteiger partial charge is 0.279 e. The van der Waals surface area contributed by atoms with Gasteiger partial charge in [-0.1, -0.05) is 17.4 Å². The molecule has 0 aliphatic carbocycles. The van der Waals surface area contributed by atoms with E-state index < -0.39 is 15.9 Å². The highest BCUT2D eigenvalue weighted by Gasteiger charge is 2.32. The van der Waals surface area contributed by atoms with E-state index in [0.717, 1.165) is 14.7 Å². The summed E-state index contributed by atoms with van der Waals surface area (Å²) < 4.78 is 36.8. The molecule has 2 heterocycles. The van der Waals surface area contributed by atoms with Gasteiger partial charge in [0.25, 0.3) is 5.91 Å². The third-order valence-electron chi connectivity index (χ3n) is 5.10. The van der Waals surface area contributed by atoms with Gasteiger partial charge in [0.2, 0.25) is 10.0 Å². The molecular weight excluding hydrogens is 502 g/mol. The fourth-order valence-electron chi connectivity index (χ4n) is 3.66. The molecule has 2 aromatic carbocycles. The molecule has 0 spiro atoms. The van der Waals surface area contributed by atoms with Crippen molar-refractivity contribution in [3.8, 4) is 0 Å². The van der Waals surface area contributed by atoms with E-state index in [-0.39, 0.29) is 17.1 Å². The Balaban J connectivity index is 1.61. The number of thiazole rings is 1. The Morgan fingerprint density at radius 3 is 2.39 bits per heavy atom. The van der Waals surface area contributed by atoms with Gasteiger partial charge in [-0.3, -0.25) is 4.79 Å². The number of halogens is 1. The molecule has 2 atom stereocenters. The summed E-state index contributed by atoms with van der Waals surface area (Å²) in [4.78, 5) is 17.7. The van der Waals surface area contributed by atoms with Gasteiger partial charge in [-0.25, -0.2) is 8.42 Å². The molecule has 1 aromatic heterocycles. The number of rotatable bonds is 3. The van der Waals surface area contributed by atoms with E-state index in [4.69, 9.17) is 4.74 Å². The molecule has 1 fully saturated rings. The van der Waals surface area contributed by atoms with E-state index in [1.165, 1.54) is 39.9 Å². The van der Waals surface area contributed by atoms with Gasteiger partial charge in [-0.15, -0.1) is 0 Å². The predicted octanol–water partition coefficient (Wildman–Crippen LogP) is 3.54. The van der Waals surface area contributed by atoms with Crippen LogP contribution < -0.4 is 4.80 Å². The molecule has 2 unspecified atom stereocenters. The van der Waals surface area contributed by atoms with Crippen LogP contribution >= 0.6 is 27.3 Å². The lowest BCUT2D eigenvalue weighted by Crippen LogP contribution is -2.48. The second-order valence-electron chi connectivity index (χ2n) is 7.55. The topological polar surface area (TPSA) is 81.0 Å². The number of amides is 1. The highest BCUT2D eigenvalue weighted by atomic mass is 79.9. The Hall–Kier alpha value is -1.85. The molecule has 31 heavy (non-hydrogen) atoms. The zero-order valence-electron chi connectivity index (χ0n) is 17.3. The lowest BCUT2D eigenvalue weighted by Gasteiger charge is -2.34. The van der Waals surface area contributed by atoms with Crippen molar-refractivity contribution in [2.75, 3.05) is 13.1 Å². The number of ether oxygens (including phenoxy) is 1. The normalized spacial score (nSPS) is 21.0. The van der Waals surface area contributed by atoms with Crippen LogP contribution in [-0.4, -0.2) is 48.5 Å². The van der Waals surface area contributed by atoms with Crippen molar-refractivity contribution in [2.45, 2.75) is 31.0 Å². The van der Waals surface area contributed by atoms with Crippen molar-refractivity contribution in [2.24, 2.45) is 12.0 Å². The number of carbonyl (C=O) groups excluding carboxylic acids is 1. The van der Waals surface area contributed by atoms with Crippen LogP contribution in [0.5, 0.6) is 0 Å². The molecule has 1 aliphatic rings. The number of para-hydroxylation sites is 1. The van der Waals surface area contributed by atoms with Crippen LogP contribution in [0.3, 0.4) is 0 Å². The van der Waals surface area contributed by atoms with Crippen molar-refractivity contribution in [1.29, 1.82) is 0 Å². The molecule has 3 aromatic rings. The van der Waals surface area contributed by atoms with Gasteiger partial charge in [0, 0.05) is 30.2 Å². The molecule has 0 bridgehead atoms. The molecule has 7 nitrogen and oxygen atoms in total. The first-order valence-corrected chi connectivity index (χ1v) is 12.8. The van der Waals surface area contributed by atoms with Crippen LogP contribution in [0.15, 0.2) is 56.8 Å². The average molecular weight is 524 g/mol. The number of nitrogens with zero attached hydrogens (tertiary/aromatic N) is 3. The van der Waals surface area contributed by atoms with Gasteiger partial charge in [0.15, 0.2) is 4.80 Å². The van der Waals surface area contributed by atoms with Crippen LogP contribution in [0.2, 0.25) is 0 Å². The van der Waals surface area contributed by atoms with Gasteiger partial charge < -0.3 is 9.30 Å². The lowest BCUT2D eigenvalue weighted by atomic mass is 10.2. The summed E-state index contributed by atoms with van der Waals surface area (Å²) in [6.45, 7) is 4.32. The summed E-state index contributed by atoms with van der Waals surface area (Å²) in [7, 11) is -1.80. The lowest BCUT2D eigenvalue weighted by molar-refractivity contribution is -0.0440. The van der Waals surface area contributed by atoms with Gasteiger partial charge >= 0.3 is 0 Å². The van der Waals surface area contributed by atoms with Crippen molar-refractivity contribution in [1.82, 2.24) is 8.87 Å². The molecule has 1 amide bonds. The Labute approximate surface area is 193 Å². The Morgan fingerprint density at radius 2 is 1.77 bits per heavy atom. The quantitative estimate of drug-likeness (QED) is 0.525. The highest BCUT2D eigenvalue weighted by molar-refractivity contribution is 9.10. The van der Waals surface area contributed by atoms with Crippen molar-refractivity contribution < 1.29 is 17.9 Å². The van der Waals surface area contributed by atoms with Gasteiger partial charge in [0.05, 0.1) is 27.3 Å². The van der Waals surface area contributed by atoms with Gasteiger partial charge in [-0.2, -0.15) is 9.30 Å². The van der Waals surface area contributed by atoms with Crippen LogP contribution in [-0.2, 0) is 21.8 Å². The van der Waals surface area contributed by atoms with Gasteiger partial charge in [0.1, 0.15) is 0 Å². The number of sulfonamides is 1. The van der Waals surface area contributed by atoms with Crippen LogP contribution in [0.4, 0.5) is 0 Å². The number of carbonyl (C=O) groups is 1. The molecule has 0 saturated carbocycles. The molecule has 4 rings (SSSR count). The Morgan fingerprint density at radius 1 is 1.13 bits per heavy atom. The minimum absolute atomic E-state index is 0.154. The van der Waals surface area contributed by atoms with E-state index in [1.807, 2.05) is 43.7 Å². The minimum atomic E-state index is -3.65. The second-order valence-corrected chi connectivity index (χ2v) is 11.4. The van der Waals surface area contributed by atoms with Gasteiger partial charge in [-0.05, 0) is 66.2 Å². The number of hydrogen-bond acceptors (Lipinski definition) is 5. The summed E-state index contributed by atoms with van der Waals surface area (Å²) in [5.41, 5.74) is 1.30. The average Bonchev–Trinajstić information content (AvgIpc) is 3.04. The van der Waals surface area contributed by atoms with Crippen LogP contribution in [0.1, 0.15) is 24.2 Å². The number of aryl methyl sites for hydroxylation is 1. The van der Waals surface area contributed by atoms with E-state index in [9.17, 15) is 13.2 Å². The fourth-order valence-corrected chi connectivity index (χ4v) is 7.06. The number of hydrogen-bond donors (Lipinski definition) is 0. The molecule has 10 heteroatoms. The zero-order chi connectivity index (χ0) is 22.3. The number of fused-ring (bicyclic) bond motifs is 1. The van der Waals surface area contributed by atoms with E-state index in [2.05, 4.69) is 20.9 Å². The third-order valence-corrected chi connectivity index (χ3v) is 8.68. The summed E-state index contributed by atoms with van der Waals surface area (Å²) in [6.07, 6.45) is -0.333. The van der Waals surface area contributed by atoms with E-state index in [0.29, 0.717) is 23.5 Å². The fraction of sp³-hybridized carbons (Fsp3) is 0.333. The summed E-state index contributed by atoms with van der Waals surface area (Å²) >= 11 is 4.95. The van der Waals surface area contributed by atoms with Crippen molar-refractivity contribution in [3.63, 3.8) is 0 Å². The Kier molecular flexibility index (Phi) is 6.19. The molecular formula is C21H22BrN3O4S2. The zero-order valence-corrected chi connectivity index (χ0v) is 20.5. The van der Waals surface area contributed by atoms with Crippen molar-refractivity contribution >= 4 is 53.4 Å². The molecule has 1 aliphatic heterocycles. The minimum Gasteiger partial charge on any atom is -0.373 e. The monoisotopic (exact) mass is 523 g/mol. The van der Waals surface area contributed by atoms with Crippen LogP contribution in [0.25, 0.3) is 10.2 Å². The maximum Gasteiger partial charge on any atom is 0.279 e. The maximum atomic E-state index is 13.0. The first kappa shape index (κ1) is 22.3. The van der Waals surface area contributed by atoms with E-state index >= 15 is 0 Å². The molecule has 0 radical (unpaired) electrons. The summed E-state index contributed by atoms with van der Waals surface area (Å²) in [5.74, 6) is -0.421. The maximum absolute atomic E-state index is 13.0. The second kappa shape index (κ2) is 8.59. The standard InChI is InChI=1S/C21H22BrN3O4S2/c1-13-11-25(12-14(2)29-13)31(27,28)16-9-7-15(8-10-16)20(26)23-21-24(3)19-17(22)5-4-6-18(19)30-21/h4-10,13-14H,11-12H2,1-3H3. The predicted molar refractivity (Wildman–Crippen MR) is 124 cm³/mol. The summed E-state index contributed by atoms with van der Waals surface area (Å²) in [6, 6.07) is 11.8. The Bertz CT molecular complexity index is 1300. The number of benzene rings is 2. The largest absolute Gasteiger partial charge is 0.373 e. The SMILES string of the molecule is CC1CN(S(=O)(=O)c2ccc(C(=O)N=c3sc4cccc(Br)c4n3C)cc2)CC(C)O1. The number of morpholine rings is 1. The summed E-state index contributed by atoms with van der Waals surface area (Å²) in [5, 5.41) is 0. The first-order chi connectivity index (χ1) is 14.7. The third kappa shape index (κ3) is 4.40. The van der Waals surface area contributed by atoms with E-state index in [1.54, 1.807) is 0 Å². The first-order valence-electron chi connectivity index (χ1n) is 9.75. The molecule has 1 saturated heterocycles. The molecule has 0 N–H and O–H groups in total. The molecule has 164 valence electrons. The van der Waals surface area contributed by atoms with Crippen molar-refractivity contribution in [3.05, 3.63) is 57.3 Å². The number of aromatic nitrogens is 1.